The van der Waals surface area contributed by atoms with Crippen LogP contribution in [0.2, 0.25) is 0 Å². The molecule has 0 aromatic heterocycles. The SMILES string of the molecule is COc1cc(C(=O)NC(=S)Nc2ccccc2C(=O)N(C)C2CCCCC2)cc(OC)c1OC. The summed E-state index contributed by atoms with van der Waals surface area (Å²) >= 11 is 5.37. The lowest BCUT2D eigenvalue weighted by Crippen LogP contribution is -2.39. The van der Waals surface area contributed by atoms with Crippen molar-refractivity contribution >= 4 is 34.8 Å². The Bertz CT molecular complexity index is 1030. The van der Waals surface area contributed by atoms with Crippen LogP contribution in [0.25, 0.3) is 0 Å². The first-order chi connectivity index (χ1) is 16.4. The predicted molar refractivity (Wildman–Crippen MR) is 135 cm³/mol. The number of anilines is 1. The van der Waals surface area contributed by atoms with Crippen LogP contribution in [0.1, 0.15) is 52.8 Å². The van der Waals surface area contributed by atoms with Gasteiger partial charge in [-0.1, -0.05) is 31.4 Å². The molecule has 0 atom stereocenters. The molecule has 2 N–H and O–H groups in total. The van der Waals surface area contributed by atoms with Crippen LogP contribution < -0.4 is 24.8 Å². The van der Waals surface area contributed by atoms with Gasteiger partial charge in [0.2, 0.25) is 5.75 Å². The topological polar surface area (TPSA) is 89.1 Å². The molecule has 0 spiro atoms. The van der Waals surface area contributed by atoms with Gasteiger partial charge in [0.15, 0.2) is 16.6 Å². The first kappa shape index (κ1) is 25.3. The summed E-state index contributed by atoms with van der Waals surface area (Å²) in [6.07, 6.45) is 5.53. The normalized spacial score (nSPS) is 13.5. The number of amides is 2. The molecule has 34 heavy (non-hydrogen) atoms. The van der Waals surface area contributed by atoms with Crippen LogP contribution in [0, 0.1) is 0 Å². The number of hydrogen-bond acceptors (Lipinski definition) is 6. The number of ether oxygens (including phenoxy) is 3. The van der Waals surface area contributed by atoms with Crippen molar-refractivity contribution in [1.82, 2.24) is 10.2 Å². The van der Waals surface area contributed by atoms with Gasteiger partial charge in [0.05, 0.1) is 32.6 Å². The van der Waals surface area contributed by atoms with Crippen molar-refractivity contribution in [2.75, 3.05) is 33.7 Å². The minimum absolute atomic E-state index is 0.0688. The van der Waals surface area contributed by atoms with Crippen LogP contribution >= 0.6 is 12.2 Å². The summed E-state index contributed by atoms with van der Waals surface area (Å²) in [5, 5.41) is 5.71. The van der Waals surface area contributed by atoms with Gasteiger partial charge in [-0.05, 0) is 49.3 Å². The summed E-state index contributed by atoms with van der Waals surface area (Å²) < 4.78 is 15.9. The Hall–Kier alpha value is -3.33. The lowest BCUT2D eigenvalue weighted by Gasteiger charge is -2.31. The summed E-state index contributed by atoms with van der Waals surface area (Å²) in [6, 6.07) is 10.5. The third-order valence-electron chi connectivity index (χ3n) is 6.00. The number of thiocarbonyl (C=S) groups is 1. The van der Waals surface area contributed by atoms with Gasteiger partial charge in [-0.15, -0.1) is 0 Å². The fourth-order valence-electron chi connectivity index (χ4n) is 4.14. The highest BCUT2D eigenvalue weighted by molar-refractivity contribution is 7.80. The summed E-state index contributed by atoms with van der Waals surface area (Å²) in [5.41, 5.74) is 1.31. The lowest BCUT2D eigenvalue weighted by molar-refractivity contribution is 0.0697. The number of rotatable bonds is 7. The standard InChI is InChI=1S/C25H31N3O5S/c1-28(17-10-6-5-7-11-17)24(30)18-12-8-9-13-19(18)26-25(34)27-23(29)16-14-20(31-2)22(33-4)21(15-16)32-3/h8-9,12-15,17H,5-7,10-11H2,1-4H3,(H2,26,27,29,34). The van der Waals surface area contributed by atoms with Crippen LogP contribution in [0.3, 0.4) is 0 Å². The Balaban J connectivity index is 1.73. The third kappa shape index (κ3) is 5.77. The number of hydrogen-bond donors (Lipinski definition) is 2. The van der Waals surface area contributed by atoms with Crippen LogP contribution in [-0.4, -0.2) is 56.2 Å². The molecule has 1 saturated carbocycles. The maximum atomic E-state index is 13.2. The maximum Gasteiger partial charge on any atom is 0.257 e. The second-order valence-corrected chi connectivity index (χ2v) is 8.48. The molecule has 0 aliphatic heterocycles. The van der Waals surface area contributed by atoms with E-state index in [2.05, 4.69) is 10.6 Å². The average Bonchev–Trinajstić information content (AvgIpc) is 2.87. The second-order valence-electron chi connectivity index (χ2n) is 8.08. The molecule has 1 aliphatic rings. The minimum atomic E-state index is -0.458. The lowest BCUT2D eigenvalue weighted by atomic mass is 9.94. The van der Waals surface area contributed by atoms with Gasteiger partial charge in [-0.25, -0.2) is 0 Å². The molecule has 2 aromatic rings. The van der Waals surface area contributed by atoms with E-state index in [9.17, 15) is 9.59 Å². The van der Waals surface area contributed by atoms with Crippen LogP contribution in [0.15, 0.2) is 36.4 Å². The molecule has 8 nitrogen and oxygen atoms in total. The van der Waals surface area contributed by atoms with Crippen molar-refractivity contribution in [1.29, 1.82) is 0 Å². The number of methoxy groups -OCH3 is 3. The van der Waals surface area contributed by atoms with Crippen molar-refractivity contribution in [3.05, 3.63) is 47.5 Å². The van der Waals surface area contributed by atoms with Gasteiger partial charge in [0, 0.05) is 18.7 Å². The Labute approximate surface area is 205 Å². The summed E-state index contributed by atoms with van der Waals surface area (Å²) in [7, 11) is 6.29. The first-order valence-corrected chi connectivity index (χ1v) is 11.6. The van der Waals surface area contributed by atoms with E-state index in [1.54, 1.807) is 12.1 Å². The van der Waals surface area contributed by atoms with Gasteiger partial charge in [0.1, 0.15) is 0 Å². The molecule has 2 aromatic carbocycles. The van der Waals surface area contributed by atoms with Crippen molar-refractivity contribution in [2.45, 2.75) is 38.1 Å². The Morgan fingerprint density at radius 3 is 2.18 bits per heavy atom. The predicted octanol–water partition coefficient (Wildman–Crippen LogP) is 4.24. The number of benzene rings is 2. The monoisotopic (exact) mass is 485 g/mol. The van der Waals surface area contributed by atoms with Crippen molar-refractivity contribution in [2.24, 2.45) is 0 Å². The van der Waals surface area contributed by atoms with Gasteiger partial charge in [0.25, 0.3) is 11.8 Å². The van der Waals surface area contributed by atoms with Crippen LogP contribution in [0.5, 0.6) is 17.2 Å². The second kappa shape index (κ2) is 11.7. The van der Waals surface area contributed by atoms with Crippen molar-refractivity contribution in [3.8, 4) is 17.2 Å². The zero-order valence-corrected chi connectivity index (χ0v) is 20.8. The highest BCUT2D eigenvalue weighted by Crippen LogP contribution is 2.38. The maximum absolute atomic E-state index is 13.2. The Morgan fingerprint density at radius 1 is 0.971 bits per heavy atom. The summed E-state index contributed by atoms with van der Waals surface area (Å²) in [4.78, 5) is 27.9. The largest absolute Gasteiger partial charge is 0.493 e. The number of carbonyl (C=O) groups excluding carboxylic acids is 2. The van der Waals surface area contributed by atoms with E-state index in [1.165, 1.54) is 39.9 Å². The van der Waals surface area contributed by atoms with Gasteiger partial charge in [-0.2, -0.15) is 0 Å². The van der Waals surface area contributed by atoms with E-state index < -0.39 is 5.91 Å². The molecule has 3 rings (SSSR count). The smallest absolute Gasteiger partial charge is 0.257 e. The van der Waals surface area contributed by atoms with E-state index >= 15 is 0 Å². The number of nitrogens with one attached hydrogen (secondary N) is 2. The van der Waals surface area contributed by atoms with E-state index in [4.69, 9.17) is 26.4 Å². The molecule has 1 fully saturated rings. The fourth-order valence-corrected chi connectivity index (χ4v) is 4.35. The van der Waals surface area contributed by atoms with E-state index in [1.807, 2.05) is 24.1 Å². The molecule has 9 heteroatoms. The molecule has 0 heterocycles. The van der Waals surface area contributed by atoms with E-state index in [-0.39, 0.29) is 22.6 Å². The molecule has 0 bridgehead atoms. The highest BCUT2D eigenvalue weighted by atomic mass is 32.1. The number of nitrogens with zero attached hydrogens (tertiary/aromatic N) is 1. The Kier molecular flexibility index (Phi) is 8.70. The minimum Gasteiger partial charge on any atom is -0.493 e. The van der Waals surface area contributed by atoms with Gasteiger partial charge in [-0.3, -0.25) is 14.9 Å². The molecule has 0 saturated heterocycles. The quantitative estimate of drug-likeness (QED) is 0.567. The zero-order valence-electron chi connectivity index (χ0n) is 20.0. The average molecular weight is 486 g/mol. The molecular formula is C25H31N3O5S. The summed E-state index contributed by atoms with van der Waals surface area (Å²) in [6.45, 7) is 0. The summed E-state index contributed by atoms with van der Waals surface area (Å²) in [5.74, 6) is 0.561. The fraction of sp³-hybridized carbons (Fsp3) is 0.400. The first-order valence-electron chi connectivity index (χ1n) is 11.2. The van der Waals surface area contributed by atoms with E-state index in [0.717, 1.165) is 25.7 Å². The molecular weight excluding hydrogens is 454 g/mol. The molecule has 1 aliphatic carbocycles. The third-order valence-corrected chi connectivity index (χ3v) is 6.21. The molecule has 182 valence electrons. The van der Waals surface area contributed by atoms with Gasteiger partial charge >= 0.3 is 0 Å². The zero-order chi connectivity index (χ0) is 24.7. The van der Waals surface area contributed by atoms with E-state index in [0.29, 0.717) is 28.5 Å². The Morgan fingerprint density at radius 2 is 1.59 bits per heavy atom. The molecule has 0 unspecified atom stereocenters. The van der Waals surface area contributed by atoms with Crippen LogP contribution in [0.4, 0.5) is 5.69 Å². The molecule has 0 radical (unpaired) electrons. The van der Waals surface area contributed by atoms with Crippen molar-refractivity contribution < 1.29 is 23.8 Å². The van der Waals surface area contributed by atoms with Crippen LogP contribution in [-0.2, 0) is 0 Å². The number of carbonyl (C=O) groups is 2. The number of para-hydroxylation sites is 1. The highest BCUT2D eigenvalue weighted by Gasteiger charge is 2.25. The van der Waals surface area contributed by atoms with Gasteiger partial charge < -0.3 is 24.4 Å². The molecule has 2 amide bonds. The van der Waals surface area contributed by atoms with Crippen molar-refractivity contribution in [3.63, 3.8) is 0 Å².